The summed E-state index contributed by atoms with van der Waals surface area (Å²) < 4.78 is 5.25. The lowest BCUT2D eigenvalue weighted by Crippen LogP contribution is -2.31. The molecule has 4 nitrogen and oxygen atoms in total. The number of hydrogen-bond donors (Lipinski definition) is 2. The molecule has 0 radical (unpaired) electrons. The Morgan fingerprint density at radius 2 is 2.44 bits per heavy atom. The van der Waals surface area contributed by atoms with Gasteiger partial charge in [0.05, 0.1) is 13.2 Å². The molecule has 1 heterocycles. The van der Waals surface area contributed by atoms with Crippen LogP contribution >= 0.6 is 0 Å². The van der Waals surface area contributed by atoms with E-state index < -0.39 is 0 Å². The van der Waals surface area contributed by atoms with Crippen molar-refractivity contribution in [1.29, 1.82) is 0 Å². The molecule has 0 spiro atoms. The summed E-state index contributed by atoms with van der Waals surface area (Å²) in [5, 5.41) is 0. The Kier molecular flexibility index (Phi) is 3.74. The second-order valence-corrected chi connectivity index (χ2v) is 4.35. The molecule has 1 atom stereocenters. The predicted molar refractivity (Wildman–Crippen MR) is 62.8 cm³/mol. The van der Waals surface area contributed by atoms with Crippen molar-refractivity contribution in [3.63, 3.8) is 0 Å². The summed E-state index contributed by atoms with van der Waals surface area (Å²) in [6, 6.07) is 4.09. The minimum absolute atomic E-state index is 0.147. The number of hydrogen-bond acceptors (Lipinski definition) is 4. The Labute approximate surface area is 96.2 Å². The lowest BCUT2D eigenvalue weighted by Gasteiger charge is -2.29. The van der Waals surface area contributed by atoms with Gasteiger partial charge in [-0.1, -0.05) is 25.3 Å². The molecule has 1 saturated carbocycles. The van der Waals surface area contributed by atoms with Gasteiger partial charge in [-0.05, 0) is 18.4 Å². The van der Waals surface area contributed by atoms with Crippen LogP contribution in [0.3, 0.4) is 0 Å². The van der Waals surface area contributed by atoms with Crippen LogP contribution in [0.25, 0.3) is 0 Å². The summed E-state index contributed by atoms with van der Waals surface area (Å²) in [4.78, 5) is 4.20. The molecule has 1 aromatic heterocycles. The Hall–Kier alpha value is -1.13. The van der Waals surface area contributed by atoms with Crippen molar-refractivity contribution in [2.75, 3.05) is 7.11 Å². The fourth-order valence-electron chi connectivity index (χ4n) is 2.19. The summed E-state index contributed by atoms with van der Waals surface area (Å²) in [7, 11) is 1.64. The van der Waals surface area contributed by atoms with Crippen LogP contribution in [-0.4, -0.2) is 12.1 Å². The van der Waals surface area contributed by atoms with Crippen molar-refractivity contribution < 1.29 is 4.74 Å². The number of aromatic nitrogens is 1. The van der Waals surface area contributed by atoms with Gasteiger partial charge in [-0.15, -0.1) is 0 Å². The fourth-order valence-corrected chi connectivity index (χ4v) is 2.19. The number of hydrazine groups is 1. The van der Waals surface area contributed by atoms with Crippen LogP contribution in [-0.2, 0) is 0 Å². The van der Waals surface area contributed by atoms with E-state index in [1.165, 1.54) is 19.3 Å². The highest BCUT2D eigenvalue weighted by Crippen LogP contribution is 2.36. The summed E-state index contributed by atoms with van der Waals surface area (Å²) >= 11 is 0. The average molecular weight is 221 g/mol. The number of nitrogens with zero attached hydrogens (tertiary/aromatic N) is 1. The molecular formula is C12H19N3O. The molecule has 88 valence electrons. The smallest absolute Gasteiger partial charge is 0.217 e. The van der Waals surface area contributed by atoms with Crippen LogP contribution in [0.5, 0.6) is 5.88 Å². The highest BCUT2D eigenvalue weighted by atomic mass is 16.5. The molecule has 1 unspecified atom stereocenters. The third kappa shape index (κ3) is 2.33. The van der Waals surface area contributed by atoms with Crippen molar-refractivity contribution in [2.24, 2.45) is 11.8 Å². The molecule has 0 bridgehead atoms. The quantitative estimate of drug-likeness (QED) is 0.588. The molecule has 0 saturated heterocycles. The standard InChI is InChI=1S/C12H19N3O/c1-16-12-10(6-3-7-14-12)11(15-13)8-9-4-2-5-9/h3,6-7,9,11,15H,2,4-5,8,13H2,1H3. The van der Waals surface area contributed by atoms with E-state index in [0.717, 1.165) is 17.9 Å². The molecule has 16 heavy (non-hydrogen) atoms. The second kappa shape index (κ2) is 5.27. The van der Waals surface area contributed by atoms with E-state index in [1.54, 1.807) is 13.3 Å². The van der Waals surface area contributed by atoms with Crippen LogP contribution in [0.1, 0.15) is 37.3 Å². The van der Waals surface area contributed by atoms with E-state index in [0.29, 0.717) is 5.88 Å². The zero-order chi connectivity index (χ0) is 11.4. The third-order valence-corrected chi connectivity index (χ3v) is 3.36. The van der Waals surface area contributed by atoms with E-state index in [-0.39, 0.29) is 6.04 Å². The van der Waals surface area contributed by atoms with E-state index in [2.05, 4.69) is 10.4 Å². The molecule has 0 aromatic carbocycles. The van der Waals surface area contributed by atoms with Gasteiger partial charge < -0.3 is 4.74 Å². The lowest BCUT2D eigenvalue weighted by molar-refractivity contribution is 0.258. The van der Waals surface area contributed by atoms with E-state index >= 15 is 0 Å². The maximum atomic E-state index is 5.62. The molecule has 0 aliphatic heterocycles. The first-order valence-electron chi connectivity index (χ1n) is 5.80. The summed E-state index contributed by atoms with van der Waals surface area (Å²) in [5.41, 5.74) is 3.93. The minimum atomic E-state index is 0.147. The minimum Gasteiger partial charge on any atom is -0.481 e. The van der Waals surface area contributed by atoms with Crippen molar-refractivity contribution in [1.82, 2.24) is 10.4 Å². The number of nitrogens with two attached hydrogens (primary N) is 1. The van der Waals surface area contributed by atoms with Crippen LogP contribution < -0.4 is 16.0 Å². The lowest BCUT2D eigenvalue weighted by atomic mass is 9.80. The molecule has 3 N–H and O–H groups in total. The molecule has 1 aliphatic rings. The molecule has 0 amide bonds. The molecule has 1 aromatic rings. The highest BCUT2D eigenvalue weighted by molar-refractivity contribution is 5.28. The van der Waals surface area contributed by atoms with Crippen molar-refractivity contribution >= 4 is 0 Å². The van der Waals surface area contributed by atoms with Gasteiger partial charge in [0.25, 0.3) is 0 Å². The van der Waals surface area contributed by atoms with Crippen LogP contribution in [0.4, 0.5) is 0 Å². The summed E-state index contributed by atoms with van der Waals surface area (Å²) in [6.45, 7) is 0. The van der Waals surface area contributed by atoms with Gasteiger partial charge >= 0.3 is 0 Å². The zero-order valence-electron chi connectivity index (χ0n) is 9.65. The first-order chi connectivity index (χ1) is 7.85. The first-order valence-corrected chi connectivity index (χ1v) is 5.80. The van der Waals surface area contributed by atoms with Crippen molar-refractivity contribution in [3.05, 3.63) is 23.9 Å². The maximum Gasteiger partial charge on any atom is 0.217 e. The highest BCUT2D eigenvalue weighted by Gasteiger charge is 2.24. The number of pyridine rings is 1. The number of methoxy groups -OCH3 is 1. The third-order valence-electron chi connectivity index (χ3n) is 3.36. The van der Waals surface area contributed by atoms with Crippen molar-refractivity contribution in [3.8, 4) is 5.88 Å². The van der Waals surface area contributed by atoms with Gasteiger partial charge in [0, 0.05) is 11.8 Å². The van der Waals surface area contributed by atoms with E-state index in [9.17, 15) is 0 Å². The van der Waals surface area contributed by atoms with Gasteiger partial charge in [-0.3, -0.25) is 11.3 Å². The zero-order valence-corrected chi connectivity index (χ0v) is 9.65. The Morgan fingerprint density at radius 1 is 1.62 bits per heavy atom. The maximum absolute atomic E-state index is 5.62. The van der Waals surface area contributed by atoms with Crippen molar-refractivity contribution in [2.45, 2.75) is 31.7 Å². The van der Waals surface area contributed by atoms with Crippen LogP contribution in [0.2, 0.25) is 0 Å². The number of ether oxygens (including phenoxy) is 1. The summed E-state index contributed by atoms with van der Waals surface area (Å²) in [5.74, 6) is 7.09. The average Bonchev–Trinajstić information content (AvgIpc) is 2.28. The van der Waals surface area contributed by atoms with E-state index in [1.807, 2.05) is 12.1 Å². The number of rotatable bonds is 5. The summed E-state index contributed by atoms with van der Waals surface area (Å²) in [6.07, 6.45) is 6.80. The predicted octanol–water partition coefficient (Wildman–Crippen LogP) is 1.78. The van der Waals surface area contributed by atoms with Crippen LogP contribution in [0.15, 0.2) is 18.3 Å². The normalized spacial score (nSPS) is 17.9. The fraction of sp³-hybridized carbons (Fsp3) is 0.583. The van der Waals surface area contributed by atoms with Gasteiger partial charge in [0.1, 0.15) is 0 Å². The van der Waals surface area contributed by atoms with E-state index in [4.69, 9.17) is 10.6 Å². The topological polar surface area (TPSA) is 60.2 Å². The van der Waals surface area contributed by atoms with Crippen LogP contribution in [0, 0.1) is 5.92 Å². The van der Waals surface area contributed by atoms with Gasteiger partial charge in [0.15, 0.2) is 0 Å². The first kappa shape index (κ1) is 11.4. The second-order valence-electron chi connectivity index (χ2n) is 4.35. The molecule has 1 fully saturated rings. The molecule has 2 rings (SSSR count). The Balaban J connectivity index is 2.11. The molecule has 1 aliphatic carbocycles. The SMILES string of the molecule is COc1ncccc1C(CC1CCC1)NN. The Bertz CT molecular complexity index is 339. The van der Waals surface area contributed by atoms with Gasteiger partial charge in [-0.25, -0.2) is 4.98 Å². The van der Waals surface area contributed by atoms with Gasteiger partial charge in [0.2, 0.25) is 5.88 Å². The largest absolute Gasteiger partial charge is 0.481 e. The van der Waals surface area contributed by atoms with Gasteiger partial charge in [-0.2, -0.15) is 0 Å². The molecule has 4 heteroatoms. The molecular weight excluding hydrogens is 202 g/mol. The Morgan fingerprint density at radius 3 is 3.00 bits per heavy atom. The number of nitrogens with one attached hydrogen (secondary N) is 1. The monoisotopic (exact) mass is 221 g/mol.